The maximum absolute atomic E-state index is 2.25. The van der Waals surface area contributed by atoms with E-state index in [2.05, 4.69) is 47.1 Å². The van der Waals surface area contributed by atoms with Crippen LogP contribution in [0.2, 0.25) is 0 Å². The van der Waals surface area contributed by atoms with Gasteiger partial charge in [0.25, 0.3) is 0 Å². The fraction of sp³-hybridized carbons (Fsp3) is 1.00. The highest BCUT2D eigenvalue weighted by Crippen LogP contribution is 1.98. The highest BCUT2D eigenvalue weighted by Gasteiger charge is 2.14. The van der Waals surface area contributed by atoms with Crippen molar-refractivity contribution in [1.82, 2.24) is 4.90 Å². The Kier molecular flexibility index (Phi) is 3.33. The van der Waals surface area contributed by atoms with Crippen molar-refractivity contribution in [3.63, 3.8) is 0 Å². The molecule has 0 aromatic carbocycles. The molecule has 0 bridgehead atoms. The summed E-state index contributed by atoms with van der Waals surface area (Å²) >= 11 is 0. The van der Waals surface area contributed by atoms with E-state index in [0.29, 0.717) is 6.04 Å². The predicted molar refractivity (Wildman–Crippen MR) is 46.0 cm³/mol. The minimum absolute atomic E-state index is 0.667. The van der Waals surface area contributed by atoms with Crippen LogP contribution in [-0.4, -0.2) is 57.2 Å². The Morgan fingerprint density at radius 1 is 1.20 bits per heavy atom. The molecule has 0 saturated heterocycles. The Balaban J connectivity index is 3.68. The quantitative estimate of drug-likeness (QED) is 0.527. The largest absolute Gasteiger partial charge is 0.330 e. The van der Waals surface area contributed by atoms with E-state index in [1.54, 1.807) is 0 Å². The zero-order valence-electron chi connectivity index (χ0n) is 8.18. The normalized spacial score (nSPS) is 15.9. The number of rotatable bonds is 3. The van der Waals surface area contributed by atoms with Crippen molar-refractivity contribution in [2.75, 3.05) is 41.8 Å². The standard InChI is InChI=1S/C8H21N2/c1-8(9(2)3)7-10(4,5)6/h8H,7H2,1-6H3/q+1. The summed E-state index contributed by atoms with van der Waals surface area (Å²) < 4.78 is 1.04. The molecule has 1 unspecified atom stereocenters. The van der Waals surface area contributed by atoms with Crippen LogP contribution in [0.3, 0.4) is 0 Å². The molecule has 0 heterocycles. The topological polar surface area (TPSA) is 3.24 Å². The van der Waals surface area contributed by atoms with Crippen LogP contribution in [0.15, 0.2) is 0 Å². The Bertz CT molecular complexity index is 91.9. The average Bonchev–Trinajstić information content (AvgIpc) is 1.60. The molecule has 2 heteroatoms. The first-order chi connectivity index (χ1) is 4.33. The molecule has 0 saturated carbocycles. The van der Waals surface area contributed by atoms with Gasteiger partial charge in [-0.25, -0.2) is 0 Å². The lowest BCUT2D eigenvalue weighted by Gasteiger charge is -2.30. The molecule has 0 aliphatic carbocycles. The third-order valence-corrected chi connectivity index (χ3v) is 1.69. The van der Waals surface area contributed by atoms with Crippen molar-refractivity contribution in [3.05, 3.63) is 0 Å². The van der Waals surface area contributed by atoms with Crippen molar-refractivity contribution in [1.29, 1.82) is 0 Å². The van der Waals surface area contributed by atoms with E-state index in [1.165, 1.54) is 6.54 Å². The monoisotopic (exact) mass is 145 g/mol. The third kappa shape index (κ3) is 4.77. The molecular formula is C8H21N2+. The molecule has 0 aliphatic rings. The minimum atomic E-state index is 0.667. The van der Waals surface area contributed by atoms with Crippen LogP contribution in [-0.2, 0) is 0 Å². The second-order valence-corrected chi connectivity index (χ2v) is 4.29. The van der Waals surface area contributed by atoms with E-state index >= 15 is 0 Å². The minimum Gasteiger partial charge on any atom is -0.330 e. The molecule has 0 fully saturated rings. The zero-order valence-corrected chi connectivity index (χ0v) is 8.18. The van der Waals surface area contributed by atoms with Crippen LogP contribution in [0, 0.1) is 0 Å². The van der Waals surface area contributed by atoms with E-state index in [4.69, 9.17) is 0 Å². The van der Waals surface area contributed by atoms with Gasteiger partial charge in [-0.3, -0.25) is 0 Å². The summed E-state index contributed by atoms with van der Waals surface area (Å²) in [6.45, 7) is 3.45. The number of likely N-dealkylation sites (N-methyl/N-ethyl adjacent to an activating group) is 2. The van der Waals surface area contributed by atoms with Crippen LogP contribution >= 0.6 is 0 Å². The van der Waals surface area contributed by atoms with Crippen molar-refractivity contribution in [3.8, 4) is 0 Å². The maximum Gasteiger partial charge on any atom is 0.0935 e. The lowest BCUT2D eigenvalue weighted by atomic mass is 10.3. The summed E-state index contributed by atoms with van der Waals surface area (Å²) in [4.78, 5) is 2.25. The van der Waals surface area contributed by atoms with Gasteiger partial charge in [-0.15, -0.1) is 0 Å². The molecule has 0 rings (SSSR count). The Hall–Kier alpha value is -0.0800. The zero-order chi connectivity index (χ0) is 8.36. The summed E-state index contributed by atoms with van der Waals surface area (Å²) in [6.07, 6.45) is 0. The molecule has 10 heavy (non-hydrogen) atoms. The van der Waals surface area contributed by atoms with Gasteiger partial charge in [0, 0.05) is 0 Å². The Morgan fingerprint density at radius 2 is 1.60 bits per heavy atom. The molecule has 0 radical (unpaired) electrons. The Morgan fingerprint density at radius 3 is 1.70 bits per heavy atom. The van der Waals surface area contributed by atoms with Crippen molar-refractivity contribution >= 4 is 0 Å². The van der Waals surface area contributed by atoms with Gasteiger partial charge in [0.05, 0.1) is 33.7 Å². The van der Waals surface area contributed by atoms with Crippen LogP contribution in [0.4, 0.5) is 0 Å². The molecule has 0 aliphatic heterocycles. The van der Waals surface area contributed by atoms with Crippen molar-refractivity contribution in [2.24, 2.45) is 0 Å². The van der Waals surface area contributed by atoms with Gasteiger partial charge in [0.15, 0.2) is 0 Å². The van der Waals surface area contributed by atoms with Gasteiger partial charge in [-0.1, -0.05) is 0 Å². The van der Waals surface area contributed by atoms with Crippen LogP contribution in [0.1, 0.15) is 6.92 Å². The van der Waals surface area contributed by atoms with E-state index < -0.39 is 0 Å². The molecule has 62 valence electrons. The summed E-state index contributed by atoms with van der Waals surface area (Å²) in [5, 5.41) is 0. The van der Waals surface area contributed by atoms with Gasteiger partial charge in [0.1, 0.15) is 0 Å². The number of hydrogen-bond donors (Lipinski definition) is 0. The fourth-order valence-electron chi connectivity index (χ4n) is 0.956. The maximum atomic E-state index is 2.25. The van der Waals surface area contributed by atoms with Crippen LogP contribution in [0.25, 0.3) is 0 Å². The summed E-state index contributed by atoms with van der Waals surface area (Å²) in [5.41, 5.74) is 0. The molecule has 0 spiro atoms. The SMILES string of the molecule is CC(C[N+](C)(C)C)N(C)C. The summed E-state index contributed by atoms with van der Waals surface area (Å²) in [7, 11) is 10.9. The molecule has 1 atom stereocenters. The lowest BCUT2D eigenvalue weighted by molar-refractivity contribution is -0.872. The van der Waals surface area contributed by atoms with Gasteiger partial charge in [0.2, 0.25) is 0 Å². The average molecular weight is 145 g/mol. The van der Waals surface area contributed by atoms with Gasteiger partial charge in [-0.2, -0.15) is 0 Å². The van der Waals surface area contributed by atoms with Gasteiger partial charge < -0.3 is 9.38 Å². The van der Waals surface area contributed by atoms with E-state index in [-0.39, 0.29) is 0 Å². The smallest absolute Gasteiger partial charge is 0.0935 e. The van der Waals surface area contributed by atoms with Gasteiger partial charge >= 0.3 is 0 Å². The molecule has 0 amide bonds. The summed E-state index contributed by atoms with van der Waals surface area (Å²) in [5.74, 6) is 0. The third-order valence-electron chi connectivity index (χ3n) is 1.69. The van der Waals surface area contributed by atoms with Crippen LogP contribution < -0.4 is 0 Å². The molecular weight excluding hydrogens is 124 g/mol. The fourth-order valence-corrected chi connectivity index (χ4v) is 0.956. The van der Waals surface area contributed by atoms with Crippen LogP contribution in [0.5, 0.6) is 0 Å². The van der Waals surface area contributed by atoms with E-state index in [9.17, 15) is 0 Å². The first-order valence-corrected chi connectivity index (χ1v) is 3.80. The second kappa shape index (κ2) is 3.35. The first-order valence-electron chi connectivity index (χ1n) is 3.80. The number of nitrogens with zero attached hydrogens (tertiary/aromatic N) is 2. The van der Waals surface area contributed by atoms with Crippen molar-refractivity contribution < 1.29 is 4.48 Å². The van der Waals surface area contributed by atoms with Gasteiger partial charge in [-0.05, 0) is 21.0 Å². The van der Waals surface area contributed by atoms with E-state index in [1.807, 2.05) is 0 Å². The molecule has 0 aromatic heterocycles. The predicted octanol–water partition coefficient (Wildman–Crippen LogP) is 0.643. The lowest BCUT2D eigenvalue weighted by Crippen LogP contribution is -2.45. The second-order valence-electron chi connectivity index (χ2n) is 4.29. The number of hydrogen-bond acceptors (Lipinski definition) is 1. The molecule has 0 aromatic rings. The van der Waals surface area contributed by atoms with Crippen molar-refractivity contribution in [2.45, 2.75) is 13.0 Å². The summed E-state index contributed by atoms with van der Waals surface area (Å²) in [6, 6.07) is 0.667. The molecule has 2 nitrogen and oxygen atoms in total. The first kappa shape index (κ1) is 9.92. The Labute approximate surface area is 65.0 Å². The number of quaternary nitrogens is 1. The molecule has 0 N–H and O–H groups in total. The van der Waals surface area contributed by atoms with E-state index in [0.717, 1.165) is 4.48 Å². The highest BCUT2D eigenvalue weighted by molar-refractivity contribution is 4.55. The highest BCUT2D eigenvalue weighted by atomic mass is 15.3.